The summed E-state index contributed by atoms with van der Waals surface area (Å²) in [7, 11) is 1.66. The predicted octanol–water partition coefficient (Wildman–Crippen LogP) is 4.48. The molecule has 0 saturated carbocycles. The third-order valence-electron chi connectivity index (χ3n) is 4.26. The second-order valence-electron chi connectivity index (χ2n) is 6.49. The van der Waals surface area contributed by atoms with Gasteiger partial charge in [-0.05, 0) is 38.1 Å². The number of hydrogen-bond donors (Lipinski definition) is 0. The third-order valence-corrected chi connectivity index (χ3v) is 5.37. The maximum atomic E-state index is 12.7. The summed E-state index contributed by atoms with van der Waals surface area (Å²) in [6, 6.07) is 18.2. The zero-order chi connectivity index (χ0) is 20.8. The van der Waals surface area contributed by atoms with Gasteiger partial charge in [-0.15, -0.1) is 11.8 Å². The van der Waals surface area contributed by atoms with E-state index in [-0.39, 0.29) is 5.91 Å². The van der Waals surface area contributed by atoms with E-state index in [9.17, 15) is 9.59 Å². The van der Waals surface area contributed by atoms with Crippen LogP contribution in [0.1, 0.15) is 28.7 Å². The normalized spacial score (nSPS) is 11.7. The molecule has 0 radical (unpaired) electrons. The van der Waals surface area contributed by atoms with Gasteiger partial charge in [0.05, 0.1) is 11.3 Å². The number of ether oxygens (including phenoxy) is 1. The molecule has 0 spiro atoms. The van der Waals surface area contributed by atoms with Crippen LogP contribution < -0.4 is 4.90 Å². The van der Waals surface area contributed by atoms with E-state index in [1.807, 2.05) is 55.5 Å². The van der Waals surface area contributed by atoms with Crippen molar-refractivity contribution in [3.8, 4) is 0 Å². The maximum absolute atomic E-state index is 12.7. The molecule has 0 bridgehead atoms. The highest BCUT2D eigenvalue weighted by Crippen LogP contribution is 2.27. The molecule has 0 aliphatic heterocycles. The van der Waals surface area contributed by atoms with Gasteiger partial charge in [0.1, 0.15) is 5.76 Å². The molecule has 0 saturated heterocycles. The summed E-state index contributed by atoms with van der Waals surface area (Å²) >= 11 is 1.46. The lowest BCUT2D eigenvalue weighted by atomic mass is 10.2. The molecule has 0 N–H and O–H groups in total. The van der Waals surface area contributed by atoms with Crippen LogP contribution in [0, 0.1) is 6.92 Å². The quantitative estimate of drug-likeness (QED) is 0.422. The Morgan fingerprint density at radius 1 is 1.14 bits per heavy atom. The smallest absolute Gasteiger partial charge is 0.340 e. The van der Waals surface area contributed by atoms with E-state index in [4.69, 9.17) is 9.26 Å². The molecule has 150 valence electrons. The number of hydrogen-bond acceptors (Lipinski definition) is 6. The van der Waals surface area contributed by atoms with Crippen molar-refractivity contribution in [1.29, 1.82) is 0 Å². The molecule has 0 aliphatic rings. The standard InChI is InChI=1S/C22H22N2O4S/c1-15-13-17(23-28-15)14-29-20-12-8-7-11-19(20)22(26)27-16(2)21(25)24(3)18-9-5-4-6-10-18/h4-13,16H,14H2,1-3H3/t16-/m0/s1. The van der Waals surface area contributed by atoms with Crippen LogP contribution in [0.15, 0.2) is 70.1 Å². The van der Waals surface area contributed by atoms with Crippen molar-refractivity contribution in [3.05, 3.63) is 77.7 Å². The number of aromatic nitrogens is 1. The molecule has 1 aromatic heterocycles. The van der Waals surface area contributed by atoms with Crippen molar-refractivity contribution in [3.63, 3.8) is 0 Å². The predicted molar refractivity (Wildman–Crippen MR) is 112 cm³/mol. The number of para-hydroxylation sites is 1. The molecular formula is C22H22N2O4S. The lowest BCUT2D eigenvalue weighted by Gasteiger charge is -2.21. The minimum absolute atomic E-state index is 0.298. The molecule has 6 nitrogen and oxygen atoms in total. The van der Waals surface area contributed by atoms with Crippen molar-refractivity contribution in [1.82, 2.24) is 5.16 Å². The molecule has 7 heteroatoms. The van der Waals surface area contributed by atoms with E-state index in [1.54, 1.807) is 26.1 Å². The number of rotatable bonds is 7. The van der Waals surface area contributed by atoms with Crippen LogP contribution in [-0.4, -0.2) is 30.2 Å². The Balaban J connectivity index is 1.66. The Labute approximate surface area is 173 Å². The van der Waals surface area contributed by atoms with Gasteiger partial charge in [-0.3, -0.25) is 4.79 Å². The summed E-state index contributed by atoms with van der Waals surface area (Å²) in [4.78, 5) is 27.6. The molecule has 3 rings (SSSR count). The molecule has 1 amide bonds. The van der Waals surface area contributed by atoms with Crippen molar-refractivity contribution >= 4 is 29.3 Å². The second-order valence-corrected chi connectivity index (χ2v) is 7.51. The Morgan fingerprint density at radius 2 is 1.83 bits per heavy atom. The van der Waals surface area contributed by atoms with Crippen LogP contribution in [0.5, 0.6) is 0 Å². The van der Waals surface area contributed by atoms with Crippen LogP contribution in [0.25, 0.3) is 0 Å². The number of likely N-dealkylation sites (N-methyl/N-ethyl adjacent to an activating group) is 1. The summed E-state index contributed by atoms with van der Waals surface area (Å²) in [5, 5.41) is 3.96. The van der Waals surface area contributed by atoms with E-state index in [0.717, 1.165) is 22.0 Å². The zero-order valence-corrected chi connectivity index (χ0v) is 17.3. The summed E-state index contributed by atoms with van der Waals surface area (Å²) in [6.07, 6.45) is -0.913. The summed E-state index contributed by atoms with van der Waals surface area (Å²) in [5.74, 6) is 0.468. The summed E-state index contributed by atoms with van der Waals surface area (Å²) in [6.45, 7) is 3.41. The lowest BCUT2D eigenvalue weighted by molar-refractivity contribution is -0.126. The van der Waals surface area contributed by atoms with Gasteiger partial charge in [0, 0.05) is 29.4 Å². The van der Waals surface area contributed by atoms with E-state index < -0.39 is 12.1 Å². The van der Waals surface area contributed by atoms with E-state index in [1.165, 1.54) is 16.7 Å². The highest BCUT2D eigenvalue weighted by atomic mass is 32.2. The number of carbonyl (C=O) groups is 2. The number of esters is 1. The van der Waals surface area contributed by atoms with Crippen molar-refractivity contribution < 1.29 is 18.8 Å². The van der Waals surface area contributed by atoms with Gasteiger partial charge in [-0.2, -0.15) is 0 Å². The van der Waals surface area contributed by atoms with E-state index in [0.29, 0.717) is 11.3 Å². The Hall–Kier alpha value is -3.06. The fourth-order valence-electron chi connectivity index (χ4n) is 2.72. The number of thioether (sulfide) groups is 1. The third kappa shape index (κ3) is 5.26. The number of anilines is 1. The summed E-state index contributed by atoms with van der Waals surface area (Å²) in [5.41, 5.74) is 1.95. The second kappa shape index (κ2) is 9.43. The molecular weight excluding hydrogens is 388 g/mol. The molecule has 29 heavy (non-hydrogen) atoms. The van der Waals surface area contributed by atoms with Crippen LogP contribution >= 0.6 is 11.8 Å². The molecule has 0 aliphatic carbocycles. The first-order chi connectivity index (χ1) is 14.0. The first-order valence-corrected chi connectivity index (χ1v) is 10.1. The summed E-state index contributed by atoms with van der Waals surface area (Å²) < 4.78 is 10.5. The highest BCUT2D eigenvalue weighted by Gasteiger charge is 2.24. The van der Waals surface area contributed by atoms with Gasteiger partial charge in [0.2, 0.25) is 0 Å². The first-order valence-electron chi connectivity index (χ1n) is 9.13. The fourth-order valence-corrected chi connectivity index (χ4v) is 3.65. The molecule has 1 atom stereocenters. The van der Waals surface area contributed by atoms with Crippen molar-refractivity contribution in [2.24, 2.45) is 0 Å². The number of nitrogens with zero attached hydrogens (tertiary/aromatic N) is 2. The Kier molecular flexibility index (Phi) is 6.72. The monoisotopic (exact) mass is 410 g/mol. The Morgan fingerprint density at radius 3 is 2.52 bits per heavy atom. The van der Waals surface area contributed by atoms with Crippen LogP contribution in [0.4, 0.5) is 5.69 Å². The van der Waals surface area contributed by atoms with E-state index >= 15 is 0 Å². The number of carbonyl (C=O) groups excluding carboxylic acids is 2. The minimum atomic E-state index is -0.913. The number of benzene rings is 2. The topological polar surface area (TPSA) is 72.6 Å². The van der Waals surface area contributed by atoms with Crippen LogP contribution in [0.3, 0.4) is 0 Å². The van der Waals surface area contributed by atoms with Gasteiger partial charge in [0.15, 0.2) is 6.10 Å². The Bertz CT molecular complexity index is 987. The molecule has 1 heterocycles. The first kappa shape index (κ1) is 20.7. The van der Waals surface area contributed by atoms with Gasteiger partial charge in [0.25, 0.3) is 5.91 Å². The minimum Gasteiger partial charge on any atom is -0.449 e. The van der Waals surface area contributed by atoms with Gasteiger partial charge in [-0.25, -0.2) is 4.79 Å². The van der Waals surface area contributed by atoms with Gasteiger partial charge in [-0.1, -0.05) is 35.5 Å². The molecule has 0 unspecified atom stereocenters. The van der Waals surface area contributed by atoms with Gasteiger partial charge < -0.3 is 14.2 Å². The van der Waals surface area contributed by atoms with Gasteiger partial charge >= 0.3 is 5.97 Å². The number of amides is 1. The average Bonchev–Trinajstić information content (AvgIpc) is 3.17. The fraction of sp³-hybridized carbons (Fsp3) is 0.227. The number of aryl methyl sites for hydroxylation is 1. The van der Waals surface area contributed by atoms with Crippen LogP contribution in [-0.2, 0) is 15.3 Å². The SMILES string of the molecule is Cc1cc(CSc2ccccc2C(=O)O[C@@H](C)C(=O)N(C)c2ccccc2)no1. The maximum Gasteiger partial charge on any atom is 0.340 e. The molecule has 0 fully saturated rings. The molecule has 3 aromatic rings. The van der Waals surface area contributed by atoms with E-state index in [2.05, 4.69) is 5.16 Å². The highest BCUT2D eigenvalue weighted by molar-refractivity contribution is 7.98. The average molecular weight is 410 g/mol. The zero-order valence-electron chi connectivity index (χ0n) is 16.5. The largest absolute Gasteiger partial charge is 0.449 e. The van der Waals surface area contributed by atoms with Crippen molar-refractivity contribution in [2.75, 3.05) is 11.9 Å². The lowest BCUT2D eigenvalue weighted by Crippen LogP contribution is -2.37. The van der Waals surface area contributed by atoms with Crippen molar-refractivity contribution in [2.45, 2.75) is 30.6 Å². The van der Waals surface area contributed by atoms with Crippen LogP contribution in [0.2, 0.25) is 0 Å². The molecule has 2 aromatic carbocycles.